The van der Waals surface area contributed by atoms with E-state index < -0.39 is 0 Å². The molecule has 1 heterocycles. The fourth-order valence-electron chi connectivity index (χ4n) is 6.41. The van der Waals surface area contributed by atoms with Crippen LogP contribution in [0.15, 0.2) is 5.38 Å². The van der Waals surface area contributed by atoms with Crippen molar-refractivity contribution in [2.75, 3.05) is 0 Å². The summed E-state index contributed by atoms with van der Waals surface area (Å²) in [6.45, 7) is 8.14. The van der Waals surface area contributed by atoms with Crippen LogP contribution in [0, 0.1) is 23.7 Å². The van der Waals surface area contributed by atoms with E-state index in [4.69, 9.17) is 0 Å². The molecule has 110 valence electrons. The predicted octanol–water partition coefficient (Wildman–Crippen LogP) is 4.29. The summed E-state index contributed by atoms with van der Waals surface area (Å²) in [5.41, 5.74) is 2.83. The van der Waals surface area contributed by atoms with Crippen molar-refractivity contribution in [3.8, 4) is 0 Å². The molecule has 4 aliphatic carbocycles. The lowest BCUT2D eigenvalue weighted by molar-refractivity contribution is -0.118. The molecular formula is C17H26N2S. The van der Waals surface area contributed by atoms with Gasteiger partial charge >= 0.3 is 0 Å². The van der Waals surface area contributed by atoms with Gasteiger partial charge in [-0.3, -0.25) is 0 Å². The summed E-state index contributed by atoms with van der Waals surface area (Å²) in [5.74, 6) is 0.964. The van der Waals surface area contributed by atoms with Gasteiger partial charge in [-0.25, -0.2) is 4.98 Å². The molecule has 0 saturated heterocycles. The number of rotatable bonds is 3. The zero-order chi connectivity index (χ0) is 14.0. The number of hydrogen-bond donors (Lipinski definition) is 1. The second kappa shape index (κ2) is 4.07. The Morgan fingerprint density at radius 3 is 2.45 bits per heavy atom. The maximum Gasteiger partial charge on any atom is 0.0897 e. The van der Waals surface area contributed by atoms with Crippen LogP contribution in [-0.2, 0) is 6.54 Å². The maximum atomic E-state index is 4.62. The van der Waals surface area contributed by atoms with E-state index in [1.54, 1.807) is 11.3 Å². The molecule has 1 aromatic rings. The first kappa shape index (κ1) is 13.3. The lowest BCUT2D eigenvalue weighted by atomic mass is 9.43. The van der Waals surface area contributed by atoms with Gasteiger partial charge in [0.05, 0.1) is 10.7 Å². The summed E-state index contributed by atoms with van der Waals surface area (Å²) in [4.78, 5) is 4.62. The molecule has 2 nitrogen and oxygen atoms in total. The van der Waals surface area contributed by atoms with E-state index in [-0.39, 0.29) is 0 Å². The van der Waals surface area contributed by atoms with Crippen molar-refractivity contribution in [3.05, 3.63) is 16.1 Å². The van der Waals surface area contributed by atoms with Gasteiger partial charge in [-0.2, -0.15) is 0 Å². The van der Waals surface area contributed by atoms with Crippen molar-refractivity contribution in [2.24, 2.45) is 16.7 Å². The van der Waals surface area contributed by atoms with Crippen molar-refractivity contribution >= 4 is 11.3 Å². The minimum absolute atomic E-state index is 0.403. The van der Waals surface area contributed by atoms with Crippen molar-refractivity contribution in [1.82, 2.24) is 10.3 Å². The molecule has 0 aliphatic heterocycles. The van der Waals surface area contributed by atoms with Crippen LogP contribution >= 0.6 is 11.3 Å². The van der Waals surface area contributed by atoms with Gasteiger partial charge in [0.1, 0.15) is 0 Å². The lowest BCUT2D eigenvalue weighted by Gasteiger charge is -2.65. The summed E-state index contributed by atoms with van der Waals surface area (Å²) in [6.07, 6.45) is 8.57. The molecule has 0 radical (unpaired) electrons. The highest BCUT2D eigenvalue weighted by Gasteiger charge is 2.59. The van der Waals surface area contributed by atoms with E-state index in [1.165, 1.54) is 49.2 Å². The van der Waals surface area contributed by atoms with Crippen LogP contribution in [0.4, 0.5) is 0 Å². The number of nitrogens with zero attached hydrogens (tertiary/aromatic N) is 1. The summed E-state index contributed by atoms with van der Waals surface area (Å²) < 4.78 is 0. The van der Waals surface area contributed by atoms with Gasteiger partial charge in [0.25, 0.3) is 0 Å². The Morgan fingerprint density at radius 2 is 1.90 bits per heavy atom. The van der Waals surface area contributed by atoms with E-state index in [0.717, 1.165) is 12.5 Å². The summed E-state index contributed by atoms with van der Waals surface area (Å²) in [7, 11) is 0. The third-order valence-corrected chi connectivity index (χ3v) is 6.76. The zero-order valence-corrected chi connectivity index (χ0v) is 13.8. The topological polar surface area (TPSA) is 24.9 Å². The molecule has 4 fully saturated rings. The fourth-order valence-corrected chi connectivity index (χ4v) is 7.02. The molecule has 4 aliphatic rings. The van der Waals surface area contributed by atoms with Gasteiger partial charge < -0.3 is 5.32 Å². The number of hydrogen-bond acceptors (Lipinski definition) is 3. The molecule has 3 heteroatoms. The average molecular weight is 290 g/mol. The Bertz CT molecular complexity index is 517. The second-order valence-corrected chi connectivity index (χ2v) is 9.68. The van der Waals surface area contributed by atoms with Gasteiger partial charge in [-0.15, -0.1) is 11.3 Å². The van der Waals surface area contributed by atoms with Gasteiger partial charge in [-0.1, -0.05) is 13.8 Å². The molecule has 4 bridgehead atoms. The summed E-state index contributed by atoms with van der Waals surface area (Å²) in [5, 5.41) is 7.35. The van der Waals surface area contributed by atoms with Crippen LogP contribution in [0.5, 0.6) is 0 Å². The quantitative estimate of drug-likeness (QED) is 0.898. The molecule has 4 saturated carbocycles. The SMILES string of the molecule is Cc1nc(CNC23CC4CC(C)(CC(C)(C4)C2)C3)cs1. The highest BCUT2D eigenvalue weighted by molar-refractivity contribution is 7.09. The van der Waals surface area contributed by atoms with Gasteiger partial charge in [0, 0.05) is 17.5 Å². The molecule has 20 heavy (non-hydrogen) atoms. The number of aryl methyl sites for hydroxylation is 1. The highest BCUT2D eigenvalue weighted by atomic mass is 32.1. The molecule has 2 atom stereocenters. The van der Waals surface area contributed by atoms with E-state index >= 15 is 0 Å². The van der Waals surface area contributed by atoms with Crippen molar-refractivity contribution in [3.63, 3.8) is 0 Å². The molecule has 0 aromatic carbocycles. The maximum absolute atomic E-state index is 4.62. The fraction of sp³-hybridized carbons (Fsp3) is 0.824. The van der Waals surface area contributed by atoms with Crippen molar-refractivity contribution < 1.29 is 0 Å². The zero-order valence-electron chi connectivity index (χ0n) is 13.0. The van der Waals surface area contributed by atoms with Crippen LogP contribution in [0.1, 0.15) is 63.1 Å². The summed E-state index contributed by atoms with van der Waals surface area (Å²) >= 11 is 1.77. The largest absolute Gasteiger partial charge is 0.306 e. The number of thiazole rings is 1. The standard InChI is InChI=1S/C17H26N2S/c1-12-19-14(8-20-12)7-18-17-6-13-4-15(2,10-17)9-16(3,5-13)11-17/h8,13,18H,4-7,9-11H2,1-3H3. The third-order valence-electron chi connectivity index (χ3n) is 5.94. The normalized spacial score (nSPS) is 46.0. The van der Waals surface area contributed by atoms with E-state index in [0.29, 0.717) is 16.4 Å². The molecular weight excluding hydrogens is 264 g/mol. The number of nitrogens with one attached hydrogen (secondary N) is 1. The minimum Gasteiger partial charge on any atom is -0.306 e. The van der Waals surface area contributed by atoms with E-state index in [1.807, 2.05) is 0 Å². The average Bonchev–Trinajstić information content (AvgIpc) is 2.68. The van der Waals surface area contributed by atoms with Crippen molar-refractivity contribution in [1.29, 1.82) is 0 Å². The molecule has 1 N–H and O–H groups in total. The molecule has 1 aromatic heterocycles. The summed E-state index contributed by atoms with van der Waals surface area (Å²) in [6, 6.07) is 0. The molecule has 0 amide bonds. The van der Waals surface area contributed by atoms with E-state index in [2.05, 4.69) is 36.5 Å². The Kier molecular flexibility index (Phi) is 2.70. The highest BCUT2D eigenvalue weighted by Crippen LogP contribution is 2.66. The van der Waals surface area contributed by atoms with Crippen LogP contribution in [-0.4, -0.2) is 10.5 Å². The van der Waals surface area contributed by atoms with Crippen LogP contribution in [0.25, 0.3) is 0 Å². The van der Waals surface area contributed by atoms with E-state index in [9.17, 15) is 0 Å². The minimum atomic E-state index is 0.403. The van der Waals surface area contributed by atoms with Crippen LogP contribution in [0.2, 0.25) is 0 Å². The Hall–Kier alpha value is -0.410. The predicted molar refractivity (Wildman–Crippen MR) is 83.8 cm³/mol. The molecule has 0 spiro atoms. The van der Waals surface area contributed by atoms with Crippen molar-refractivity contribution in [2.45, 2.75) is 71.4 Å². The lowest BCUT2D eigenvalue weighted by Crippen LogP contribution is -2.63. The first-order valence-corrected chi connectivity index (χ1v) is 8.92. The number of aromatic nitrogens is 1. The second-order valence-electron chi connectivity index (χ2n) is 8.62. The molecule has 2 unspecified atom stereocenters. The monoisotopic (exact) mass is 290 g/mol. The van der Waals surface area contributed by atoms with Crippen LogP contribution < -0.4 is 5.32 Å². The first-order chi connectivity index (χ1) is 9.38. The first-order valence-electron chi connectivity index (χ1n) is 8.04. The molecule has 5 rings (SSSR count). The Morgan fingerprint density at radius 1 is 1.20 bits per heavy atom. The van der Waals surface area contributed by atoms with Gasteiger partial charge in [0.15, 0.2) is 0 Å². The van der Waals surface area contributed by atoms with Crippen LogP contribution in [0.3, 0.4) is 0 Å². The van der Waals surface area contributed by atoms with Gasteiger partial charge in [0.2, 0.25) is 0 Å². The third kappa shape index (κ3) is 2.14. The smallest absolute Gasteiger partial charge is 0.0897 e. The Labute approximate surface area is 126 Å². The Balaban J connectivity index is 1.55. The van der Waals surface area contributed by atoms with Gasteiger partial charge in [-0.05, 0) is 62.2 Å².